The molecule has 0 aromatic carbocycles. The molecule has 0 fully saturated rings. The summed E-state index contributed by atoms with van der Waals surface area (Å²) in [6.07, 6.45) is 11.1. The van der Waals surface area contributed by atoms with E-state index < -0.39 is 17.9 Å². The van der Waals surface area contributed by atoms with Gasteiger partial charge in [-0.05, 0) is 38.3 Å². The highest BCUT2D eigenvalue weighted by molar-refractivity contribution is 5.97. The monoisotopic (exact) mass is 302 g/mol. The first-order chi connectivity index (χ1) is 10.4. The van der Waals surface area contributed by atoms with Gasteiger partial charge in [-0.15, -0.1) is 0 Å². The smallest absolute Gasteiger partial charge is 0.325 e. The van der Waals surface area contributed by atoms with E-state index in [4.69, 9.17) is 10.4 Å². The zero-order chi connectivity index (χ0) is 17.0. The third-order valence-electron chi connectivity index (χ3n) is 2.68. The number of nitrogens with one attached hydrogen (secondary N) is 1. The van der Waals surface area contributed by atoms with Gasteiger partial charge >= 0.3 is 5.97 Å². The molecule has 0 aliphatic rings. The summed E-state index contributed by atoms with van der Waals surface area (Å²) in [5.74, 6) is -1.62. The first-order valence-electron chi connectivity index (χ1n) is 7.02. The number of nitriles is 1. The molecule has 0 aromatic rings. The summed E-state index contributed by atoms with van der Waals surface area (Å²) in [5.41, 5.74) is 0.963. The number of unbranched alkanes of at least 4 members (excludes halogenated alkanes) is 2. The van der Waals surface area contributed by atoms with Crippen molar-refractivity contribution in [3.63, 3.8) is 0 Å². The van der Waals surface area contributed by atoms with Crippen LogP contribution in [0.4, 0.5) is 0 Å². The quantitative estimate of drug-likeness (QED) is 0.389. The molecule has 0 radical (unpaired) electrons. The number of rotatable bonds is 9. The summed E-state index contributed by atoms with van der Waals surface area (Å²) in [7, 11) is 0. The van der Waals surface area contributed by atoms with Crippen molar-refractivity contribution in [3.05, 3.63) is 48.1 Å². The number of nitrogens with zero attached hydrogens (tertiary/aromatic N) is 1. The molecule has 0 bridgehead atoms. The number of hydrogen-bond acceptors (Lipinski definition) is 3. The van der Waals surface area contributed by atoms with E-state index in [2.05, 4.69) is 18.0 Å². The number of carboxylic acid groups (broad SMARTS) is 1. The Morgan fingerprint density at radius 1 is 1.41 bits per heavy atom. The number of carbonyl (C=O) groups excluding carboxylic acids is 1. The molecule has 0 heterocycles. The first kappa shape index (κ1) is 19.4. The van der Waals surface area contributed by atoms with Crippen molar-refractivity contribution in [2.24, 2.45) is 0 Å². The molecule has 0 saturated heterocycles. The van der Waals surface area contributed by atoms with Gasteiger partial charge in [-0.25, -0.2) is 0 Å². The molecule has 1 atom stereocenters. The normalized spacial score (nSPS) is 13.0. The van der Waals surface area contributed by atoms with E-state index in [9.17, 15) is 9.59 Å². The average molecular weight is 302 g/mol. The Morgan fingerprint density at radius 2 is 2.09 bits per heavy atom. The van der Waals surface area contributed by atoms with Crippen LogP contribution in [0.2, 0.25) is 0 Å². The maximum atomic E-state index is 11.8. The van der Waals surface area contributed by atoms with Crippen LogP contribution in [-0.2, 0) is 9.59 Å². The molecule has 118 valence electrons. The van der Waals surface area contributed by atoms with Crippen LogP contribution in [0.1, 0.15) is 33.1 Å². The lowest BCUT2D eigenvalue weighted by molar-refractivity contribution is -0.140. The fourth-order valence-corrected chi connectivity index (χ4v) is 1.48. The summed E-state index contributed by atoms with van der Waals surface area (Å²) in [5, 5.41) is 19.6. The Hall–Kier alpha value is -2.61. The molecule has 5 heteroatoms. The second kappa shape index (κ2) is 11.1. The molecule has 0 aliphatic carbocycles. The number of amides is 1. The van der Waals surface area contributed by atoms with Gasteiger partial charge in [0.15, 0.2) is 0 Å². The summed E-state index contributed by atoms with van der Waals surface area (Å²) >= 11 is 0. The Kier molecular flexibility index (Phi) is 9.78. The van der Waals surface area contributed by atoms with Gasteiger partial charge in [0.25, 0.3) is 5.91 Å². The summed E-state index contributed by atoms with van der Waals surface area (Å²) in [4.78, 5) is 22.5. The second-order valence-electron chi connectivity index (χ2n) is 4.66. The first-order valence-corrected chi connectivity index (χ1v) is 7.02. The Morgan fingerprint density at radius 3 is 2.64 bits per heavy atom. The Labute approximate surface area is 131 Å². The minimum Gasteiger partial charge on any atom is -0.480 e. The molecule has 1 amide bonds. The van der Waals surface area contributed by atoms with E-state index in [-0.39, 0.29) is 5.57 Å². The van der Waals surface area contributed by atoms with Gasteiger partial charge in [0, 0.05) is 12.0 Å². The van der Waals surface area contributed by atoms with E-state index in [0.717, 1.165) is 18.4 Å². The number of carbonyl (C=O) groups is 2. The zero-order valence-electron chi connectivity index (χ0n) is 13.0. The molecule has 0 aromatic heterocycles. The minimum atomic E-state index is -1.10. The van der Waals surface area contributed by atoms with Gasteiger partial charge in [0.05, 0.1) is 6.07 Å². The lowest BCUT2D eigenvalue weighted by Gasteiger charge is -2.09. The van der Waals surface area contributed by atoms with Crippen LogP contribution in [0.3, 0.4) is 0 Å². The van der Waals surface area contributed by atoms with Gasteiger partial charge in [0.2, 0.25) is 0 Å². The van der Waals surface area contributed by atoms with Crippen LogP contribution in [0.15, 0.2) is 48.1 Å². The highest BCUT2D eigenvalue weighted by atomic mass is 16.4. The fourth-order valence-electron chi connectivity index (χ4n) is 1.48. The van der Waals surface area contributed by atoms with Crippen molar-refractivity contribution in [2.45, 2.75) is 39.2 Å². The van der Waals surface area contributed by atoms with Crippen molar-refractivity contribution < 1.29 is 14.7 Å². The SMILES string of the molecule is C=C(/C=C(\C=C/C)/C=C\CCCC#N)C(=O)N[C@H](C)C(=O)O. The van der Waals surface area contributed by atoms with E-state index in [1.54, 1.807) is 6.08 Å². The van der Waals surface area contributed by atoms with E-state index in [1.807, 2.05) is 31.2 Å². The fraction of sp³-hybridized carbons (Fsp3) is 0.353. The predicted octanol–water partition coefficient (Wildman–Crippen LogP) is 2.88. The average Bonchev–Trinajstić information content (AvgIpc) is 2.46. The van der Waals surface area contributed by atoms with Crippen LogP contribution < -0.4 is 5.32 Å². The molecule has 0 aliphatic heterocycles. The largest absolute Gasteiger partial charge is 0.480 e. The molecule has 0 spiro atoms. The van der Waals surface area contributed by atoms with Crippen molar-refractivity contribution >= 4 is 11.9 Å². The van der Waals surface area contributed by atoms with Gasteiger partial charge in [-0.2, -0.15) is 5.26 Å². The predicted molar refractivity (Wildman–Crippen MR) is 85.9 cm³/mol. The summed E-state index contributed by atoms with van der Waals surface area (Å²) < 4.78 is 0. The Balaban J connectivity index is 4.76. The molecular formula is C17H22N2O3. The van der Waals surface area contributed by atoms with Crippen LogP contribution in [0, 0.1) is 11.3 Å². The zero-order valence-corrected chi connectivity index (χ0v) is 13.0. The number of carboxylic acids is 1. The number of aliphatic carboxylic acids is 1. The number of allylic oxidation sites excluding steroid dienone is 5. The maximum absolute atomic E-state index is 11.8. The van der Waals surface area contributed by atoms with Crippen LogP contribution in [0.25, 0.3) is 0 Å². The van der Waals surface area contributed by atoms with Gasteiger partial charge in [-0.1, -0.05) is 30.9 Å². The van der Waals surface area contributed by atoms with E-state index >= 15 is 0 Å². The molecular weight excluding hydrogens is 280 g/mol. The standard InChI is InChI=1S/C17H22N2O3/c1-4-9-15(10-7-5-6-8-11-18)12-13(2)16(20)19-14(3)17(21)22/h4,7,9-10,12,14H,2,5-6,8H2,1,3H3,(H,19,20)(H,21,22)/b9-4-,10-7-,15-12+/t14-/m1/s1. The molecule has 5 nitrogen and oxygen atoms in total. The molecule has 22 heavy (non-hydrogen) atoms. The highest BCUT2D eigenvalue weighted by Crippen LogP contribution is 2.07. The molecule has 0 unspecified atom stereocenters. The minimum absolute atomic E-state index is 0.183. The summed E-state index contributed by atoms with van der Waals surface area (Å²) in [6, 6.07) is 1.11. The van der Waals surface area contributed by atoms with Crippen molar-refractivity contribution in [2.75, 3.05) is 0 Å². The van der Waals surface area contributed by atoms with E-state index in [1.165, 1.54) is 6.92 Å². The van der Waals surface area contributed by atoms with Crippen molar-refractivity contribution in [1.82, 2.24) is 5.32 Å². The van der Waals surface area contributed by atoms with Gasteiger partial charge in [-0.3, -0.25) is 9.59 Å². The molecule has 0 rings (SSSR count). The van der Waals surface area contributed by atoms with E-state index in [0.29, 0.717) is 6.42 Å². The van der Waals surface area contributed by atoms with Crippen LogP contribution in [0.5, 0.6) is 0 Å². The molecule has 0 saturated carbocycles. The lowest BCUT2D eigenvalue weighted by atomic mass is 10.1. The third-order valence-corrected chi connectivity index (χ3v) is 2.68. The van der Waals surface area contributed by atoms with Crippen LogP contribution in [-0.4, -0.2) is 23.0 Å². The summed E-state index contributed by atoms with van der Waals surface area (Å²) in [6.45, 7) is 6.90. The van der Waals surface area contributed by atoms with Crippen molar-refractivity contribution in [1.29, 1.82) is 5.26 Å². The Bertz CT molecular complexity index is 537. The van der Waals surface area contributed by atoms with Gasteiger partial charge < -0.3 is 10.4 Å². The third kappa shape index (κ3) is 8.54. The lowest BCUT2D eigenvalue weighted by Crippen LogP contribution is -2.38. The van der Waals surface area contributed by atoms with Crippen molar-refractivity contribution in [3.8, 4) is 6.07 Å². The van der Waals surface area contributed by atoms with Gasteiger partial charge in [0.1, 0.15) is 6.04 Å². The van der Waals surface area contributed by atoms with Crippen LogP contribution >= 0.6 is 0 Å². The molecule has 2 N–H and O–H groups in total. The highest BCUT2D eigenvalue weighted by Gasteiger charge is 2.14. The topological polar surface area (TPSA) is 90.2 Å². The number of hydrogen-bond donors (Lipinski definition) is 2. The second-order valence-corrected chi connectivity index (χ2v) is 4.66. The maximum Gasteiger partial charge on any atom is 0.325 e.